The van der Waals surface area contributed by atoms with E-state index in [1.165, 1.54) is 0 Å². The first-order valence-corrected chi connectivity index (χ1v) is 6.17. The van der Waals surface area contributed by atoms with E-state index in [9.17, 15) is 4.79 Å². The maximum absolute atomic E-state index is 12.2. The summed E-state index contributed by atoms with van der Waals surface area (Å²) < 4.78 is 0. The van der Waals surface area contributed by atoms with Gasteiger partial charge in [-0.25, -0.2) is 0 Å². The van der Waals surface area contributed by atoms with Crippen LogP contribution in [0.15, 0.2) is 18.2 Å². The SMILES string of the molecule is Cc1cccc(C)c1NC(=O)[C@H]1CCCN1C. The normalized spacial score (nSPS) is 20.5. The maximum Gasteiger partial charge on any atom is 0.241 e. The molecule has 1 fully saturated rings. The number of para-hydroxylation sites is 1. The van der Waals surface area contributed by atoms with Crippen LogP contribution in [-0.4, -0.2) is 30.4 Å². The Balaban J connectivity index is 2.13. The number of hydrogen-bond acceptors (Lipinski definition) is 2. The first-order valence-electron chi connectivity index (χ1n) is 6.17. The Morgan fingerprint density at radius 2 is 2.00 bits per heavy atom. The number of nitrogens with one attached hydrogen (secondary N) is 1. The van der Waals surface area contributed by atoms with Gasteiger partial charge in [0.15, 0.2) is 0 Å². The molecule has 0 saturated carbocycles. The average molecular weight is 232 g/mol. The van der Waals surface area contributed by atoms with E-state index in [4.69, 9.17) is 0 Å². The molecule has 1 aromatic rings. The summed E-state index contributed by atoms with van der Waals surface area (Å²) in [5, 5.41) is 3.07. The second-order valence-electron chi connectivity index (χ2n) is 4.89. The molecule has 1 amide bonds. The number of carbonyl (C=O) groups is 1. The monoisotopic (exact) mass is 232 g/mol. The summed E-state index contributed by atoms with van der Waals surface area (Å²) in [4.78, 5) is 14.3. The Labute approximate surface area is 103 Å². The van der Waals surface area contributed by atoms with Crippen LogP contribution < -0.4 is 5.32 Å². The number of aryl methyl sites for hydroxylation is 2. The van der Waals surface area contributed by atoms with Crippen molar-refractivity contribution in [2.75, 3.05) is 18.9 Å². The Morgan fingerprint density at radius 3 is 2.53 bits per heavy atom. The van der Waals surface area contributed by atoms with E-state index < -0.39 is 0 Å². The van der Waals surface area contributed by atoms with Crippen LogP contribution in [0.1, 0.15) is 24.0 Å². The van der Waals surface area contributed by atoms with Gasteiger partial charge in [-0.1, -0.05) is 18.2 Å². The molecule has 17 heavy (non-hydrogen) atoms. The summed E-state index contributed by atoms with van der Waals surface area (Å²) in [6.07, 6.45) is 2.08. The van der Waals surface area contributed by atoms with Crippen LogP contribution in [0.5, 0.6) is 0 Å². The highest BCUT2D eigenvalue weighted by molar-refractivity contribution is 5.96. The standard InChI is InChI=1S/C14H20N2O/c1-10-6-4-7-11(2)13(10)15-14(17)12-8-5-9-16(12)3/h4,6-7,12H,5,8-9H2,1-3H3,(H,15,17)/t12-/m1/s1. The number of carbonyl (C=O) groups excluding carboxylic acids is 1. The minimum atomic E-state index is 0.0361. The Kier molecular flexibility index (Phi) is 3.48. The van der Waals surface area contributed by atoms with E-state index in [1.807, 2.05) is 39.1 Å². The van der Waals surface area contributed by atoms with Crippen molar-refractivity contribution in [3.8, 4) is 0 Å². The van der Waals surface area contributed by atoms with Gasteiger partial charge in [0.2, 0.25) is 5.91 Å². The Bertz CT molecular complexity index is 408. The lowest BCUT2D eigenvalue weighted by molar-refractivity contribution is -0.119. The molecule has 0 aromatic heterocycles. The van der Waals surface area contributed by atoms with Crippen molar-refractivity contribution in [3.05, 3.63) is 29.3 Å². The van der Waals surface area contributed by atoms with E-state index in [0.29, 0.717) is 0 Å². The second-order valence-corrected chi connectivity index (χ2v) is 4.89. The van der Waals surface area contributed by atoms with Crippen LogP contribution >= 0.6 is 0 Å². The minimum absolute atomic E-state index is 0.0361. The van der Waals surface area contributed by atoms with E-state index in [0.717, 1.165) is 36.2 Å². The third kappa shape index (κ3) is 2.50. The topological polar surface area (TPSA) is 32.3 Å². The molecule has 0 spiro atoms. The lowest BCUT2D eigenvalue weighted by atomic mass is 10.1. The Morgan fingerprint density at radius 1 is 1.35 bits per heavy atom. The zero-order valence-corrected chi connectivity index (χ0v) is 10.8. The predicted octanol–water partition coefficient (Wildman–Crippen LogP) is 2.34. The molecule has 0 unspecified atom stereocenters. The van der Waals surface area contributed by atoms with Crippen LogP contribution in [0, 0.1) is 13.8 Å². The maximum atomic E-state index is 12.2. The van der Waals surface area contributed by atoms with Gasteiger partial charge in [-0.15, -0.1) is 0 Å². The van der Waals surface area contributed by atoms with Crippen LogP contribution in [-0.2, 0) is 4.79 Å². The number of likely N-dealkylation sites (tertiary alicyclic amines) is 1. The first-order chi connectivity index (χ1) is 8.09. The fraction of sp³-hybridized carbons (Fsp3) is 0.500. The lowest BCUT2D eigenvalue weighted by Crippen LogP contribution is -2.37. The van der Waals surface area contributed by atoms with Crippen molar-refractivity contribution in [1.29, 1.82) is 0 Å². The summed E-state index contributed by atoms with van der Waals surface area (Å²) in [6.45, 7) is 5.08. The van der Waals surface area contributed by atoms with Gasteiger partial charge in [-0.05, 0) is 51.4 Å². The van der Waals surface area contributed by atoms with Gasteiger partial charge < -0.3 is 5.32 Å². The smallest absolute Gasteiger partial charge is 0.241 e. The van der Waals surface area contributed by atoms with Gasteiger partial charge in [0.05, 0.1) is 6.04 Å². The molecule has 1 saturated heterocycles. The molecular weight excluding hydrogens is 212 g/mol. The van der Waals surface area contributed by atoms with Crippen molar-refractivity contribution >= 4 is 11.6 Å². The largest absolute Gasteiger partial charge is 0.324 e. The number of anilines is 1. The second kappa shape index (κ2) is 4.88. The molecular formula is C14H20N2O. The molecule has 1 N–H and O–H groups in total. The van der Waals surface area contributed by atoms with Gasteiger partial charge in [-0.2, -0.15) is 0 Å². The van der Waals surface area contributed by atoms with Crippen molar-refractivity contribution in [2.24, 2.45) is 0 Å². The van der Waals surface area contributed by atoms with Crippen LogP contribution in [0.2, 0.25) is 0 Å². The number of rotatable bonds is 2. The molecule has 1 atom stereocenters. The van der Waals surface area contributed by atoms with E-state index in [2.05, 4.69) is 10.2 Å². The number of amides is 1. The van der Waals surface area contributed by atoms with Gasteiger partial charge >= 0.3 is 0 Å². The fourth-order valence-corrected chi connectivity index (χ4v) is 2.46. The predicted molar refractivity (Wildman–Crippen MR) is 70.2 cm³/mol. The quantitative estimate of drug-likeness (QED) is 0.848. The van der Waals surface area contributed by atoms with Crippen molar-refractivity contribution in [1.82, 2.24) is 4.90 Å². The van der Waals surface area contributed by atoms with Crippen LogP contribution in [0.3, 0.4) is 0 Å². The highest BCUT2D eigenvalue weighted by atomic mass is 16.2. The molecule has 0 radical (unpaired) electrons. The van der Waals surface area contributed by atoms with Crippen molar-refractivity contribution in [2.45, 2.75) is 32.7 Å². The summed E-state index contributed by atoms with van der Waals surface area (Å²) >= 11 is 0. The van der Waals surface area contributed by atoms with Gasteiger partial charge in [-0.3, -0.25) is 9.69 Å². The van der Waals surface area contributed by atoms with E-state index >= 15 is 0 Å². The summed E-state index contributed by atoms with van der Waals surface area (Å²) in [5.74, 6) is 0.127. The average Bonchev–Trinajstić information content (AvgIpc) is 2.70. The van der Waals surface area contributed by atoms with Gasteiger partial charge in [0, 0.05) is 5.69 Å². The molecule has 3 heteroatoms. The number of likely N-dealkylation sites (N-methyl/N-ethyl adjacent to an activating group) is 1. The summed E-state index contributed by atoms with van der Waals surface area (Å²) in [5.41, 5.74) is 3.22. The molecule has 1 aliphatic heterocycles. The lowest BCUT2D eigenvalue weighted by Gasteiger charge is -2.20. The first kappa shape index (κ1) is 12.1. The molecule has 0 bridgehead atoms. The molecule has 2 rings (SSSR count). The molecule has 1 aliphatic rings. The molecule has 1 heterocycles. The van der Waals surface area contributed by atoms with Crippen molar-refractivity contribution in [3.63, 3.8) is 0 Å². The highest BCUT2D eigenvalue weighted by Gasteiger charge is 2.28. The number of benzene rings is 1. The zero-order valence-electron chi connectivity index (χ0n) is 10.8. The van der Waals surface area contributed by atoms with Crippen LogP contribution in [0.25, 0.3) is 0 Å². The van der Waals surface area contributed by atoms with Crippen LogP contribution in [0.4, 0.5) is 5.69 Å². The number of hydrogen-bond donors (Lipinski definition) is 1. The third-order valence-corrected chi connectivity index (χ3v) is 3.55. The molecule has 0 aliphatic carbocycles. The molecule has 1 aromatic carbocycles. The number of nitrogens with zero attached hydrogens (tertiary/aromatic N) is 1. The zero-order chi connectivity index (χ0) is 12.4. The van der Waals surface area contributed by atoms with Gasteiger partial charge in [0.1, 0.15) is 0 Å². The molecule has 3 nitrogen and oxygen atoms in total. The summed E-state index contributed by atoms with van der Waals surface area (Å²) in [6, 6.07) is 6.11. The fourth-order valence-electron chi connectivity index (χ4n) is 2.46. The van der Waals surface area contributed by atoms with E-state index in [1.54, 1.807) is 0 Å². The van der Waals surface area contributed by atoms with Crippen molar-refractivity contribution < 1.29 is 4.79 Å². The highest BCUT2D eigenvalue weighted by Crippen LogP contribution is 2.22. The Hall–Kier alpha value is -1.35. The minimum Gasteiger partial charge on any atom is -0.324 e. The molecule has 92 valence electrons. The summed E-state index contributed by atoms with van der Waals surface area (Å²) in [7, 11) is 2.02. The van der Waals surface area contributed by atoms with Gasteiger partial charge in [0.25, 0.3) is 0 Å². The van der Waals surface area contributed by atoms with E-state index in [-0.39, 0.29) is 11.9 Å². The third-order valence-electron chi connectivity index (χ3n) is 3.55.